The van der Waals surface area contributed by atoms with Gasteiger partial charge in [-0.05, 0) is 32.3 Å². The van der Waals surface area contributed by atoms with Crippen LogP contribution in [0.15, 0.2) is 18.2 Å². The fourth-order valence-electron chi connectivity index (χ4n) is 1.40. The predicted octanol–water partition coefficient (Wildman–Crippen LogP) is 1.46. The summed E-state index contributed by atoms with van der Waals surface area (Å²) in [5.74, 6) is -0.931. The van der Waals surface area contributed by atoms with Gasteiger partial charge in [-0.1, -0.05) is 0 Å². The highest BCUT2D eigenvalue weighted by Crippen LogP contribution is 2.28. The molecule has 3 N–H and O–H groups in total. The number of amides is 1. The van der Waals surface area contributed by atoms with Crippen molar-refractivity contribution in [2.75, 3.05) is 32.9 Å². The molecule has 0 aliphatic heterocycles. The molecule has 1 rings (SSSR count). The number of hydrogen-bond donors (Lipinski definition) is 2. The largest absolute Gasteiger partial charge is 0.573 e. The zero-order valence-corrected chi connectivity index (χ0v) is 11.1. The van der Waals surface area contributed by atoms with Crippen LogP contribution in [0.5, 0.6) is 5.75 Å². The van der Waals surface area contributed by atoms with Crippen molar-refractivity contribution in [3.05, 3.63) is 23.8 Å². The molecular formula is C12H16F3N3O2. The second-order valence-corrected chi connectivity index (χ2v) is 4.36. The summed E-state index contributed by atoms with van der Waals surface area (Å²) in [6.45, 7) is 1.07. The first-order chi connectivity index (χ1) is 9.19. The third-order valence-corrected chi connectivity index (χ3v) is 2.34. The minimum absolute atomic E-state index is 0.177. The molecule has 5 nitrogen and oxygen atoms in total. The van der Waals surface area contributed by atoms with Crippen LogP contribution in [0.2, 0.25) is 0 Å². The fourth-order valence-corrected chi connectivity index (χ4v) is 1.40. The number of nitrogens with zero attached hydrogens (tertiary/aromatic N) is 1. The van der Waals surface area contributed by atoms with E-state index in [1.165, 1.54) is 6.07 Å². The molecule has 0 heterocycles. The van der Waals surface area contributed by atoms with Crippen LogP contribution in [0.1, 0.15) is 10.4 Å². The van der Waals surface area contributed by atoms with Gasteiger partial charge in [-0.25, -0.2) is 0 Å². The lowest BCUT2D eigenvalue weighted by Gasteiger charge is -2.13. The van der Waals surface area contributed by atoms with E-state index in [0.717, 1.165) is 12.1 Å². The minimum atomic E-state index is -4.82. The number of carbonyl (C=O) groups is 1. The topological polar surface area (TPSA) is 67.6 Å². The first-order valence-corrected chi connectivity index (χ1v) is 5.77. The highest BCUT2D eigenvalue weighted by atomic mass is 19.4. The molecule has 0 aromatic heterocycles. The molecule has 0 fully saturated rings. The second-order valence-electron chi connectivity index (χ2n) is 4.36. The summed E-state index contributed by atoms with van der Waals surface area (Å²) in [5, 5.41) is 2.63. The van der Waals surface area contributed by atoms with Crippen LogP contribution in [-0.2, 0) is 0 Å². The molecule has 0 aliphatic carbocycles. The lowest BCUT2D eigenvalue weighted by atomic mass is 10.2. The van der Waals surface area contributed by atoms with E-state index in [9.17, 15) is 18.0 Å². The van der Waals surface area contributed by atoms with E-state index in [1.54, 1.807) is 0 Å². The summed E-state index contributed by atoms with van der Waals surface area (Å²) in [6, 6.07) is 3.39. The van der Waals surface area contributed by atoms with Gasteiger partial charge in [-0.15, -0.1) is 13.2 Å². The van der Waals surface area contributed by atoms with Crippen LogP contribution < -0.4 is 15.8 Å². The van der Waals surface area contributed by atoms with Crippen molar-refractivity contribution in [3.63, 3.8) is 0 Å². The summed E-state index contributed by atoms with van der Waals surface area (Å²) >= 11 is 0. The van der Waals surface area contributed by atoms with Gasteiger partial charge >= 0.3 is 6.36 Å². The third kappa shape index (κ3) is 5.35. The fraction of sp³-hybridized carbons (Fsp3) is 0.417. The summed E-state index contributed by atoms with van der Waals surface area (Å²) < 4.78 is 39.9. The van der Waals surface area contributed by atoms with Crippen LogP contribution in [-0.4, -0.2) is 44.4 Å². The van der Waals surface area contributed by atoms with Crippen LogP contribution in [0.25, 0.3) is 0 Å². The van der Waals surface area contributed by atoms with Crippen LogP contribution >= 0.6 is 0 Å². The van der Waals surface area contributed by atoms with Gasteiger partial charge in [0, 0.05) is 18.7 Å². The van der Waals surface area contributed by atoms with E-state index < -0.39 is 18.0 Å². The number of ether oxygens (including phenoxy) is 1. The van der Waals surface area contributed by atoms with Gasteiger partial charge in [0.05, 0.1) is 5.69 Å². The monoisotopic (exact) mass is 291 g/mol. The minimum Gasteiger partial charge on any atom is -0.404 e. The Morgan fingerprint density at radius 2 is 2.05 bits per heavy atom. The van der Waals surface area contributed by atoms with Crippen molar-refractivity contribution >= 4 is 11.6 Å². The molecule has 1 aromatic rings. The normalized spacial score (nSPS) is 11.5. The summed E-state index contributed by atoms with van der Waals surface area (Å²) in [4.78, 5) is 13.6. The molecular weight excluding hydrogens is 275 g/mol. The number of halogens is 3. The molecule has 0 aliphatic rings. The number of nitrogens with two attached hydrogens (primary N) is 1. The number of alkyl halides is 3. The van der Waals surface area contributed by atoms with E-state index in [1.807, 2.05) is 19.0 Å². The molecule has 0 spiro atoms. The molecule has 1 aromatic carbocycles. The van der Waals surface area contributed by atoms with Crippen molar-refractivity contribution in [2.24, 2.45) is 0 Å². The molecule has 1 amide bonds. The maximum Gasteiger partial charge on any atom is 0.573 e. The number of nitrogen functional groups attached to an aromatic ring is 1. The Kier molecular flexibility index (Phi) is 5.20. The molecule has 0 saturated heterocycles. The summed E-state index contributed by atoms with van der Waals surface area (Å²) in [7, 11) is 3.71. The quantitative estimate of drug-likeness (QED) is 0.806. The number of nitrogens with one attached hydrogen (secondary N) is 1. The van der Waals surface area contributed by atoms with E-state index >= 15 is 0 Å². The maximum atomic E-state index is 12.1. The molecule has 8 heteroatoms. The van der Waals surface area contributed by atoms with E-state index in [2.05, 4.69) is 10.1 Å². The van der Waals surface area contributed by atoms with Crippen molar-refractivity contribution < 1.29 is 22.7 Å². The molecule has 0 unspecified atom stereocenters. The smallest absolute Gasteiger partial charge is 0.404 e. The maximum absolute atomic E-state index is 12.1. The Bertz CT molecular complexity index is 476. The average molecular weight is 291 g/mol. The zero-order valence-electron chi connectivity index (χ0n) is 11.1. The Morgan fingerprint density at radius 3 is 2.55 bits per heavy atom. The van der Waals surface area contributed by atoms with Crippen LogP contribution in [0.4, 0.5) is 18.9 Å². The average Bonchev–Trinajstić information content (AvgIpc) is 2.29. The van der Waals surface area contributed by atoms with Gasteiger partial charge in [-0.3, -0.25) is 4.79 Å². The zero-order chi connectivity index (χ0) is 15.3. The van der Waals surface area contributed by atoms with Crippen molar-refractivity contribution in [1.82, 2.24) is 10.2 Å². The predicted molar refractivity (Wildman–Crippen MR) is 68.4 cm³/mol. The molecule has 20 heavy (non-hydrogen) atoms. The standard InChI is InChI=1S/C12H16F3N3O2/c1-18(2)6-5-17-11(19)8-3-4-10(9(16)7-8)20-12(13,14)15/h3-4,7H,5-6,16H2,1-2H3,(H,17,19). The highest BCUT2D eigenvalue weighted by Gasteiger charge is 2.32. The summed E-state index contributed by atoms with van der Waals surface area (Å²) in [6.07, 6.45) is -4.82. The first kappa shape index (κ1) is 16.1. The summed E-state index contributed by atoms with van der Waals surface area (Å²) in [5.41, 5.74) is 5.36. The lowest BCUT2D eigenvalue weighted by molar-refractivity contribution is -0.274. The van der Waals surface area contributed by atoms with Crippen LogP contribution in [0.3, 0.4) is 0 Å². The van der Waals surface area contributed by atoms with E-state index in [0.29, 0.717) is 13.1 Å². The van der Waals surface area contributed by atoms with E-state index in [-0.39, 0.29) is 11.3 Å². The Hall–Kier alpha value is -1.96. The second kappa shape index (κ2) is 6.47. The number of rotatable bonds is 5. The van der Waals surface area contributed by atoms with Gasteiger partial charge in [0.1, 0.15) is 0 Å². The number of hydrogen-bond acceptors (Lipinski definition) is 4. The molecule has 0 saturated carbocycles. The molecule has 0 bridgehead atoms. The molecule has 112 valence electrons. The highest BCUT2D eigenvalue weighted by molar-refractivity contribution is 5.95. The number of likely N-dealkylation sites (N-methyl/N-ethyl adjacent to an activating group) is 1. The number of anilines is 1. The van der Waals surface area contributed by atoms with Gasteiger partial charge in [0.2, 0.25) is 0 Å². The lowest BCUT2D eigenvalue weighted by Crippen LogP contribution is -2.31. The van der Waals surface area contributed by atoms with Gasteiger partial charge in [0.15, 0.2) is 5.75 Å². The third-order valence-electron chi connectivity index (χ3n) is 2.34. The number of carbonyl (C=O) groups excluding carboxylic acids is 1. The molecule has 0 radical (unpaired) electrons. The van der Waals surface area contributed by atoms with E-state index in [4.69, 9.17) is 5.73 Å². The number of benzene rings is 1. The van der Waals surface area contributed by atoms with Crippen molar-refractivity contribution in [2.45, 2.75) is 6.36 Å². The Labute approximate surface area is 114 Å². The Morgan fingerprint density at radius 1 is 1.40 bits per heavy atom. The van der Waals surface area contributed by atoms with Crippen molar-refractivity contribution in [3.8, 4) is 5.75 Å². The first-order valence-electron chi connectivity index (χ1n) is 5.77. The SMILES string of the molecule is CN(C)CCNC(=O)c1ccc(OC(F)(F)F)c(N)c1. The molecule has 0 atom stereocenters. The van der Waals surface area contributed by atoms with Gasteiger partial charge in [0.25, 0.3) is 5.91 Å². The van der Waals surface area contributed by atoms with Gasteiger partial charge in [-0.2, -0.15) is 0 Å². The van der Waals surface area contributed by atoms with Crippen LogP contribution in [0, 0.1) is 0 Å². The Balaban J connectivity index is 2.69. The van der Waals surface area contributed by atoms with Gasteiger partial charge < -0.3 is 20.7 Å². The van der Waals surface area contributed by atoms with Crippen molar-refractivity contribution in [1.29, 1.82) is 0 Å².